The maximum absolute atomic E-state index is 4.64. The van der Waals surface area contributed by atoms with E-state index in [-0.39, 0.29) is 5.54 Å². The summed E-state index contributed by atoms with van der Waals surface area (Å²) in [7, 11) is 2.05. The van der Waals surface area contributed by atoms with Gasteiger partial charge in [-0.3, -0.25) is 4.68 Å². The molecule has 1 heterocycles. The minimum Gasteiger partial charge on any atom is -0.310 e. The second-order valence-electron chi connectivity index (χ2n) is 4.92. The zero-order chi connectivity index (χ0) is 11.2. The minimum atomic E-state index is 0.237. The lowest BCUT2D eigenvalue weighted by molar-refractivity contribution is 0.511. The topological polar surface area (TPSA) is 29.9 Å². The SMILES string of the molecule is CNC1(c2c(C)nn(C(C)C)c2C)CC1. The van der Waals surface area contributed by atoms with Gasteiger partial charge in [0.15, 0.2) is 0 Å². The minimum absolute atomic E-state index is 0.237. The molecular formula is C12H21N3. The molecule has 0 spiro atoms. The standard InChI is InChI=1S/C12H21N3/c1-8(2)15-10(4)11(9(3)14-15)12(13-5)6-7-12/h8,13H,6-7H2,1-5H3. The van der Waals surface area contributed by atoms with E-state index in [0.717, 1.165) is 0 Å². The van der Waals surface area contributed by atoms with Gasteiger partial charge in [-0.05, 0) is 47.6 Å². The van der Waals surface area contributed by atoms with Crippen LogP contribution < -0.4 is 5.32 Å². The molecule has 0 aliphatic heterocycles. The summed E-state index contributed by atoms with van der Waals surface area (Å²) in [6.45, 7) is 8.68. The van der Waals surface area contributed by atoms with Crippen LogP contribution in [0.25, 0.3) is 0 Å². The van der Waals surface area contributed by atoms with E-state index in [9.17, 15) is 0 Å². The van der Waals surface area contributed by atoms with Gasteiger partial charge in [0.25, 0.3) is 0 Å². The molecule has 1 aromatic heterocycles. The lowest BCUT2D eigenvalue weighted by Crippen LogP contribution is -2.26. The molecule has 0 radical (unpaired) electrons. The highest BCUT2D eigenvalue weighted by atomic mass is 15.3. The molecule has 0 amide bonds. The molecule has 2 rings (SSSR count). The Balaban J connectivity index is 2.48. The molecule has 0 unspecified atom stereocenters. The first-order chi connectivity index (χ1) is 7.02. The van der Waals surface area contributed by atoms with Crippen molar-refractivity contribution in [3.8, 4) is 0 Å². The van der Waals surface area contributed by atoms with Gasteiger partial charge >= 0.3 is 0 Å². The van der Waals surface area contributed by atoms with Crippen molar-refractivity contribution in [2.24, 2.45) is 0 Å². The van der Waals surface area contributed by atoms with Crippen molar-refractivity contribution in [1.29, 1.82) is 0 Å². The highest BCUT2D eigenvalue weighted by Crippen LogP contribution is 2.47. The van der Waals surface area contributed by atoms with Crippen molar-refractivity contribution >= 4 is 0 Å². The van der Waals surface area contributed by atoms with Gasteiger partial charge in [-0.15, -0.1) is 0 Å². The van der Waals surface area contributed by atoms with Gasteiger partial charge in [0.05, 0.1) is 5.69 Å². The highest BCUT2D eigenvalue weighted by Gasteiger charge is 2.46. The zero-order valence-electron chi connectivity index (χ0n) is 10.4. The molecule has 1 N–H and O–H groups in total. The Morgan fingerprint density at radius 1 is 1.33 bits per heavy atom. The number of hydrogen-bond acceptors (Lipinski definition) is 2. The van der Waals surface area contributed by atoms with Crippen LogP contribution in [0.15, 0.2) is 0 Å². The second-order valence-corrected chi connectivity index (χ2v) is 4.92. The maximum atomic E-state index is 4.64. The molecule has 15 heavy (non-hydrogen) atoms. The van der Waals surface area contributed by atoms with Crippen LogP contribution in [0.5, 0.6) is 0 Å². The molecule has 0 aromatic carbocycles. The average Bonchev–Trinajstić information content (AvgIpc) is 2.89. The van der Waals surface area contributed by atoms with Crippen LogP contribution in [0.1, 0.15) is 49.7 Å². The third kappa shape index (κ3) is 1.49. The predicted molar refractivity (Wildman–Crippen MR) is 62.1 cm³/mol. The first-order valence-electron chi connectivity index (χ1n) is 5.77. The molecule has 0 atom stereocenters. The van der Waals surface area contributed by atoms with E-state index in [1.165, 1.54) is 29.8 Å². The van der Waals surface area contributed by atoms with E-state index in [2.05, 4.69) is 49.8 Å². The van der Waals surface area contributed by atoms with Gasteiger partial charge in [-0.1, -0.05) is 0 Å². The van der Waals surface area contributed by atoms with Crippen molar-refractivity contribution in [3.63, 3.8) is 0 Å². The van der Waals surface area contributed by atoms with Crippen LogP contribution >= 0.6 is 0 Å². The quantitative estimate of drug-likeness (QED) is 0.824. The fourth-order valence-corrected chi connectivity index (χ4v) is 2.61. The van der Waals surface area contributed by atoms with Gasteiger partial charge in [-0.25, -0.2) is 0 Å². The van der Waals surface area contributed by atoms with E-state index in [1.807, 2.05) is 0 Å². The Hall–Kier alpha value is -0.830. The maximum Gasteiger partial charge on any atom is 0.0647 e. The van der Waals surface area contributed by atoms with Crippen molar-refractivity contribution in [3.05, 3.63) is 17.0 Å². The van der Waals surface area contributed by atoms with Gasteiger partial charge in [-0.2, -0.15) is 5.10 Å². The van der Waals surface area contributed by atoms with E-state index in [0.29, 0.717) is 6.04 Å². The molecule has 84 valence electrons. The first kappa shape index (κ1) is 10.7. The molecule has 0 bridgehead atoms. The van der Waals surface area contributed by atoms with Crippen molar-refractivity contribution in [2.45, 2.75) is 52.1 Å². The number of aromatic nitrogens is 2. The van der Waals surface area contributed by atoms with E-state index < -0.39 is 0 Å². The largest absolute Gasteiger partial charge is 0.310 e. The van der Waals surface area contributed by atoms with Crippen molar-refractivity contribution < 1.29 is 0 Å². The summed E-state index contributed by atoms with van der Waals surface area (Å²) < 4.78 is 2.14. The normalized spacial score (nSPS) is 18.5. The van der Waals surface area contributed by atoms with Crippen LogP contribution in [-0.2, 0) is 5.54 Å². The van der Waals surface area contributed by atoms with E-state index in [4.69, 9.17) is 0 Å². The van der Waals surface area contributed by atoms with Crippen LogP contribution in [0.2, 0.25) is 0 Å². The van der Waals surface area contributed by atoms with Crippen LogP contribution in [0.3, 0.4) is 0 Å². The fourth-order valence-electron chi connectivity index (χ4n) is 2.61. The first-order valence-corrected chi connectivity index (χ1v) is 5.77. The van der Waals surface area contributed by atoms with Gasteiger partial charge in [0, 0.05) is 22.8 Å². The van der Waals surface area contributed by atoms with Gasteiger partial charge in [0.2, 0.25) is 0 Å². The van der Waals surface area contributed by atoms with Gasteiger partial charge in [0.1, 0.15) is 0 Å². The molecule has 1 fully saturated rings. The van der Waals surface area contributed by atoms with Crippen LogP contribution in [0.4, 0.5) is 0 Å². The lowest BCUT2D eigenvalue weighted by atomic mass is 10.0. The summed E-state index contributed by atoms with van der Waals surface area (Å²) in [5.74, 6) is 0. The molecule has 3 heteroatoms. The third-order valence-corrected chi connectivity index (χ3v) is 3.52. The highest BCUT2D eigenvalue weighted by molar-refractivity contribution is 5.37. The number of nitrogens with zero attached hydrogens (tertiary/aromatic N) is 2. The predicted octanol–water partition coefficient (Wildman–Crippen LogP) is 2.29. The van der Waals surface area contributed by atoms with Crippen LogP contribution in [-0.4, -0.2) is 16.8 Å². The number of aryl methyl sites for hydroxylation is 1. The molecular weight excluding hydrogens is 186 g/mol. The molecule has 3 nitrogen and oxygen atoms in total. The molecule has 1 aliphatic carbocycles. The second kappa shape index (κ2) is 3.34. The summed E-state index contributed by atoms with van der Waals surface area (Å²) in [6, 6.07) is 0.449. The Morgan fingerprint density at radius 3 is 2.27 bits per heavy atom. The lowest BCUT2D eigenvalue weighted by Gasteiger charge is -2.16. The molecule has 1 aliphatic rings. The summed E-state index contributed by atoms with van der Waals surface area (Å²) in [6.07, 6.45) is 2.49. The summed E-state index contributed by atoms with van der Waals surface area (Å²) in [5, 5.41) is 8.09. The summed E-state index contributed by atoms with van der Waals surface area (Å²) >= 11 is 0. The Kier molecular flexibility index (Phi) is 2.38. The van der Waals surface area contributed by atoms with E-state index in [1.54, 1.807) is 0 Å². The zero-order valence-corrected chi connectivity index (χ0v) is 10.4. The molecule has 1 saturated carbocycles. The smallest absolute Gasteiger partial charge is 0.0647 e. The van der Waals surface area contributed by atoms with Crippen molar-refractivity contribution in [1.82, 2.24) is 15.1 Å². The number of hydrogen-bond donors (Lipinski definition) is 1. The van der Waals surface area contributed by atoms with E-state index >= 15 is 0 Å². The Morgan fingerprint density at radius 2 is 1.93 bits per heavy atom. The van der Waals surface area contributed by atoms with Crippen LogP contribution in [0, 0.1) is 13.8 Å². The van der Waals surface area contributed by atoms with Crippen molar-refractivity contribution in [2.75, 3.05) is 7.05 Å². The molecule has 0 saturated heterocycles. The Bertz CT molecular complexity index is 372. The fraction of sp³-hybridized carbons (Fsp3) is 0.750. The third-order valence-electron chi connectivity index (χ3n) is 3.52. The number of rotatable bonds is 3. The summed E-state index contributed by atoms with van der Waals surface area (Å²) in [4.78, 5) is 0. The Labute approximate surface area is 91.9 Å². The van der Waals surface area contributed by atoms with Gasteiger partial charge < -0.3 is 5.32 Å². The molecule has 1 aromatic rings. The summed E-state index contributed by atoms with van der Waals surface area (Å²) in [5.41, 5.74) is 4.18. The number of nitrogens with one attached hydrogen (secondary N) is 1. The monoisotopic (exact) mass is 207 g/mol. The average molecular weight is 207 g/mol.